The number of carbonyl (C=O) groups is 1. The van der Waals surface area contributed by atoms with Gasteiger partial charge in [-0.15, -0.1) is 11.8 Å². The van der Waals surface area contributed by atoms with E-state index in [0.29, 0.717) is 27.7 Å². The van der Waals surface area contributed by atoms with Gasteiger partial charge in [-0.25, -0.2) is 8.42 Å². The first-order valence-electron chi connectivity index (χ1n) is 9.14. The van der Waals surface area contributed by atoms with E-state index in [0.717, 1.165) is 4.90 Å². The predicted octanol–water partition coefficient (Wildman–Crippen LogP) is 5.15. The van der Waals surface area contributed by atoms with E-state index in [-0.39, 0.29) is 10.8 Å². The molecule has 0 unspecified atom stereocenters. The quantitative estimate of drug-likeness (QED) is 0.477. The number of sulfonamides is 1. The van der Waals surface area contributed by atoms with E-state index < -0.39 is 10.0 Å². The summed E-state index contributed by atoms with van der Waals surface area (Å²) in [6.45, 7) is 0. The third-order valence-electron chi connectivity index (χ3n) is 4.62. The lowest BCUT2D eigenvalue weighted by atomic mass is 10.2. The molecule has 0 atom stereocenters. The van der Waals surface area contributed by atoms with Crippen molar-refractivity contribution in [1.82, 2.24) is 0 Å². The maximum absolute atomic E-state index is 12.9. The summed E-state index contributed by atoms with van der Waals surface area (Å²) in [5, 5.41) is 3.21. The van der Waals surface area contributed by atoms with Crippen molar-refractivity contribution in [3.8, 4) is 5.75 Å². The van der Waals surface area contributed by atoms with Crippen molar-refractivity contribution in [3.63, 3.8) is 0 Å². The average molecular weight is 477 g/mol. The SMILES string of the molecule is COc1ccc(Cl)cc1NC(=O)c1ccc(N(C)S(=O)(=O)c2ccc(SC)cc2)cc1. The van der Waals surface area contributed by atoms with Crippen LogP contribution in [-0.4, -0.2) is 34.7 Å². The summed E-state index contributed by atoms with van der Waals surface area (Å²) in [5.41, 5.74) is 1.24. The first kappa shape index (κ1) is 23.0. The van der Waals surface area contributed by atoms with Gasteiger partial charge in [-0.05, 0) is 73.0 Å². The molecule has 1 amide bonds. The Morgan fingerprint density at radius 3 is 2.26 bits per heavy atom. The number of hydrogen-bond acceptors (Lipinski definition) is 5. The van der Waals surface area contributed by atoms with Crippen LogP contribution < -0.4 is 14.4 Å². The minimum Gasteiger partial charge on any atom is -0.495 e. The van der Waals surface area contributed by atoms with Gasteiger partial charge in [0.2, 0.25) is 0 Å². The van der Waals surface area contributed by atoms with Crippen molar-refractivity contribution in [2.24, 2.45) is 0 Å². The third-order valence-corrected chi connectivity index (χ3v) is 7.40. The van der Waals surface area contributed by atoms with Crippen LogP contribution in [0.3, 0.4) is 0 Å². The first-order valence-corrected chi connectivity index (χ1v) is 12.2. The van der Waals surface area contributed by atoms with E-state index in [1.807, 2.05) is 6.26 Å². The number of carbonyl (C=O) groups excluding carboxylic acids is 1. The highest BCUT2D eigenvalue weighted by atomic mass is 35.5. The number of hydrogen-bond donors (Lipinski definition) is 1. The predicted molar refractivity (Wildman–Crippen MR) is 126 cm³/mol. The average Bonchev–Trinajstić information content (AvgIpc) is 2.78. The second-order valence-electron chi connectivity index (χ2n) is 6.49. The molecular formula is C22H21ClN2O4S2. The van der Waals surface area contributed by atoms with Crippen LogP contribution >= 0.6 is 23.4 Å². The molecule has 0 aliphatic heterocycles. The van der Waals surface area contributed by atoms with Crippen LogP contribution in [-0.2, 0) is 10.0 Å². The van der Waals surface area contributed by atoms with Gasteiger partial charge in [-0.1, -0.05) is 11.6 Å². The van der Waals surface area contributed by atoms with Crippen molar-refractivity contribution in [2.75, 3.05) is 30.0 Å². The van der Waals surface area contributed by atoms with Crippen LogP contribution in [0.25, 0.3) is 0 Å². The maximum atomic E-state index is 12.9. The van der Waals surface area contributed by atoms with Gasteiger partial charge >= 0.3 is 0 Å². The lowest BCUT2D eigenvalue weighted by Crippen LogP contribution is -2.26. The highest BCUT2D eigenvalue weighted by Gasteiger charge is 2.21. The van der Waals surface area contributed by atoms with Gasteiger partial charge in [0, 0.05) is 22.5 Å². The van der Waals surface area contributed by atoms with E-state index >= 15 is 0 Å². The molecule has 0 aliphatic carbocycles. The summed E-state index contributed by atoms with van der Waals surface area (Å²) < 4.78 is 32.2. The molecule has 0 aromatic heterocycles. The Bertz CT molecular complexity index is 1180. The van der Waals surface area contributed by atoms with Crippen LogP contribution in [0, 0.1) is 0 Å². The molecule has 3 rings (SSSR count). The highest BCUT2D eigenvalue weighted by molar-refractivity contribution is 7.98. The number of amides is 1. The molecule has 0 saturated heterocycles. The van der Waals surface area contributed by atoms with E-state index in [4.69, 9.17) is 16.3 Å². The smallest absolute Gasteiger partial charge is 0.264 e. The number of nitrogens with zero attached hydrogens (tertiary/aromatic N) is 1. The summed E-state index contributed by atoms with van der Waals surface area (Å²) in [7, 11) is -0.746. The van der Waals surface area contributed by atoms with E-state index in [1.54, 1.807) is 66.7 Å². The second kappa shape index (κ2) is 9.64. The van der Waals surface area contributed by atoms with Gasteiger partial charge in [0.25, 0.3) is 15.9 Å². The van der Waals surface area contributed by atoms with Crippen LogP contribution in [0.15, 0.2) is 76.5 Å². The molecule has 0 saturated carbocycles. The molecule has 0 radical (unpaired) electrons. The van der Waals surface area contributed by atoms with Crippen molar-refractivity contribution in [3.05, 3.63) is 77.3 Å². The summed E-state index contributed by atoms with van der Waals surface area (Å²) >= 11 is 7.54. The molecule has 3 aromatic carbocycles. The maximum Gasteiger partial charge on any atom is 0.264 e. The van der Waals surface area contributed by atoms with Gasteiger partial charge in [-0.3, -0.25) is 9.10 Å². The van der Waals surface area contributed by atoms with Crippen molar-refractivity contribution in [1.29, 1.82) is 0 Å². The number of thioether (sulfide) groups is 1. The minimum atomic E-state index is -3.72. The molecular weight excluding hydrogens is 456 g/mol. The number of anilines is 2. The molecule has 31 heavy (non-hydrogen) atoms. The molecule has 162 valence electrons. The van der Waals surface area contributed by atoms with E-state index in [2.05, 4.69) is 5.32 Å². The third kappa shape index (κ3) is 5.15. The number of methoxy groups -OCH3 is 1. The van der Waals surface area contributed by atoms with E-state index in [1.165, 1.54) is 30.2 Å². The molecule has 0 spiro atoms. The zero-order chi connectivity index (χ0) is 22.6. The Balaban J connectivity index is 1.78. The fourth-order valence-electron chi connectivity index (χ4n) is 2.84. The topological polar surface area (TPSA) is 75.7 Å². The standard InChI is InChI=1S/C22H21ClN2O4S2/c1-25(31(27,28)19-11-9-18(30-3)10-12-19)17-7-4-15(5-8-17)22(26)24-20-14-16(23)6-13-21(20)29-2/h4-14H,1-3H3,(H,24,26). The summed E-state index contributed by atoms with van der Waals surface area (Å²) in [6, 6.07) is 17.9. The number of ether oxygens (including phenoxy) is 1. The van der Waals surface area contributed by atoms with Crippen LogP contribution in [0.1, 0.15) is 10.4 Å². The van der Waals surface area contributed by atoms with Gasteiger partial charge in [-0.2, -0.15) is 0 Å². The van der Waals surface area contributed by atoms with E-state index in [9.17, 15) is 13.2 Å². The zero-order valence-electron chi connectivity index (χ0n) is 17.1. The number of rotatable bonds is 7. The number of halogens is 1. The summed E-state index contributed by atoms with van der Waals surface area (Å²) in [4.78, 5) is 13.8. The van der Waals surface area contributed by atoms with Crippen molar-refractivity contribution in [2.45, 2.75) is 9.79 Å². The first-order chi connectivity index (χ1) is 14.8. The molecule has 3 aromatic rings. The number of nitrogens with one attached hydrogen (secondary N) is 1. The second-order valence-corrected chi connectivity index (χ2v) is 9.78. The van der Waals surface area contributed by atoms with Gasteiger partial charge in [0.05, 0.1) is 23.4 Å². The van der Waals surface area contributed by atoms with Crippen LogP contribution in [0.5, 0.6) is 5.75 Å². The van der Waals surface area contributed by atoms with Crippen LogP contribution in [0.4, 0.5) is 11.4 Å². The Hall–Kier alpha value is -2.68. The largest absolute Gasteiger partial charge is 0.495 e. The monoisotopic (exact) mass is 476 g/mol. The van der Waals surface area contributed by atoms with Crippen molar-refractivity contribution < 1.29 is 17.9 Å². The Labute approximate surface area is 191 Å². The molecule has 1 N–H and O–H groups in total. The molecule has 0 bridgehead atoms. The fraction of sp³-hybridized carbons (Fsp3) is 0.136. The zero-order valence-corrected chi connectivity index (χ0v) is 19.5. The van der Waals surface area contributed by atoms with Crippen LogP contribution in [0.2, 0.25) is 5.02 Å². The van der Waals surface area contributed by atoms with Gasteiger partial charge < -0.3 is 10.1 Å². The summed E-state index contributed by atoms with van der Waals surface area (Å²) in [5.74, 6) is 0.109. The lowest BCUT2D eigenvalue weighted by Gasteiger charge is -2.20. The Kier molecular flexibility index (Phi) is 7.15. The molecule has 0 aliphatic rings. The Morgan fingerprint density at radius 1 is 1.03 bits per heavy atom. The molecule has 6 nitrogen and oxygen atoms in total. The minimum absolute atomic E-state index is 0.197. The number of benzene rings is 3. The normalized spacial score (nSPS) is 11.1. The summed E-state index contributed by atoms with van der Waals surface area (Å²) in [6.07, 6.45) is 1.93. The van der Waals surface area contributed by atoms with Gasteiger partial charge in [0.15, 0.2) is 0 Å². The Morgan fingerprint density at radius 2 is 1.68 bits per heavy atom. The molecule has 0 fully saturated rings. The molecule has 0 heterocycles. The lowest BCUT2D eigenvalue weighted by molar-refractivity contribution is 0.102. The highest BCUT2D eigenvalue weighted by Crippen LogP contribution is 2.29. The fourth-order valence-corrected chi connectivity index (χ4v) is 4.62. The van der Waals surface area contributed by atoms with Gasteiger partial charge in [0.1, 0.15) is 5.75 Å². The molecule has 9 heteroatoms. The van der Waals surface area contributed by atoms with Crippen molar-refractivity contribution >= 4 is 50.7 Å².